The van der Waals surface area contributed by atoms with Crippen molar-refractivity contribution in [2.75, 3.05) is 17.7 Å². The largest absolute Gasteiger partial charge is 0.483 e. The van der Waals surface area contributed by atoms with Crippen LogP contribution in [0.2, 0.25) is 0 Å². The highest BCUT2D eigenvalue weighted by atomic mass is 16.5. The van der Waals surface area contributed by atoms with Gasteiger partial charge in [-0.05, 0) is 48.2 Å². The van der Waals surface area contributed by atoms with Gasteiger partial charge in [0.1, 0.15) is 5.75 Å². The fourth-order valence-corrected chi connectivity index (χ4v) is 2.15. The van der Waals surface area contributed by atoms with E-state index >= 15 is 0 Å². The number of hydrogen-bond acceptors (Lipinski definition) is 3. The molecule has 0 bridgehead atoms. The second kappa shape index (κ2) is 7.50. The van der Waals surface area contributed by atoms with Crippen molar-refractivity contribution in [1.82, 2.24) is 0 Å². The van der Waals surface area contributed by atoms with Crippen molar-refractivity contribution in [3.63, 3.8) is 0 Å². The van der Waals surface area contributed by atoms with E-state index in [1.54, 1.807) is 24.3 Å². The van der Waals surface area contributed by atoms with Gasteiger partial charge in [0, 0.05) is 11.4 Å². The summed E-state index contributed by atoms with van der Waals surface area (Å²) in [5.74, 6) is 0.976. The van der Waals surface area contributed by atoms with Gasteiger partial charge >= 0.3 is 0 Å². The van der Waals surface area contributed by atoms with Crippen LogP contribution in [0.1, 0.15) is 31.7 Å². The van der Waals surface area contributed by atoms with Crippen molar-refractivity contribution in [3.8, 4) is 5.75 Å². The van der Waals surface area contributed by atoms with E-state index in [-0.39, 0.29) is 12.5 Å². The van der Waals surface area contributed by atoms with E-state index in [0.29, 0.717) is 17.3 Å². The highest BCUT2D eigenvalue weighted by Gasteiger charge is 2.11. The minimum absolute atomic E-state index is 0.0160. The zero-order valence-corrected chi connectivity index (χ0v) is 13.0. The number of nitrogens with two attached hydrogens (primary N) is 1. The lowest BCUT2D eigenvalue weighted by Gasteiger charge is -2.15. The van der Waals surface area contributed by atoms with Crippen molar-refractivity contribution in [2.24, 2.45) is 0 Å². The summed E-state index contributed by atoms with van der Waals surface area (Å²) in [6.07, 6.45) is 1.03. The Morgan fingerprint density at radius 3 is 2.55 bits per heavy atom. The number of hydrogen-bond donors (Lipinski definition) is 2. The van der Waals surface area contributed by atoms with Gasteiger partial charge in [-0.1, -0.05) is 32.0 Å². The van der Waals surface area contributed by atoms with Gasteiger partial charge in [-0.3, -0.25) is 4.79 Å². The molecule has 4 nitrogen and oxygen atoms in total. The summed E-state index contributed by atoms with van der Waals surface area (Å²) >= 11 is 0. The standard InChI is InChI=1S/C18H22N2O2/c1-3-13(2)16-6-4-5-7-17(16)22-12-18(21)20-15-10-8-14(19)9-11-15/h4-11,13H,3,12,19H2,1-2H3,(H,20,21)/t13-/m1/s1. The summed E-state index contributed by atoms with van der Waals surface area (Å²) in [4.78, 5) is 12.0. The number of carbonyl (C=O) groups is 1. The second-order valence-electron chi connectivity index (χ2n) is 5.31. The molecular weight excluding hydrogens is 276 g/mol. The summed E-state index contributed by atoms with van der Waals surface area (Å²) in [7, 11) is 0. The molecular formula is C18H22N2O2. The first-order valence-electron chi connectivity index (χ1n) is 7.47. The van der Waals surface area contributed by atoms with E-state index in [1.807, 2.05) is 24.3 Å². The topological polar surface area (TPSA) is 64.3 Å². The Bertz CT molecular complexity index is 623. The van der Waals surface area contributed by atoms with E-state index in [0.717, 1.165) is 17.7 Å². The van der Waals surface area contributed by atoms with Crippen LogP contribution in [0, 0.1) is 0 Å². The summed E-state index contributed by atoms with van der Waals surface area (Å²) in [6.45, 7) is 4.27. The Balaban J connectivity index is 1.95. The molecule has 0 aliphatic rings. The molecule has 1 amide bonds. The average Bonchev–Trinajstić information content (AvgIpc) is 2.54. The number of para-hydroxylation sites is 1. The first-order chi connectivity index (χ1) is 10.6. The number of benzene rings is 2. The van der Waals surface area contributed by atoms with E-state index in [1.165, 1.54) is 0 Å². The molecule has 2 aromatic carbocycles. The molecule has 116 valence electrons. The number of carbonyl (C=O) groups excluding carboxylic acids is 1. The summed E-state index contributed by atoms with van der Waals surface area (Å²) in [6, 6.07) is 14.9. The van der Waals surface area contributed by atoms with Crippen molar-refractivity contribution in [2.45, 2.75) is 26.2 Å². The third kappa shape index (κ3) is 4.25. The van der Waals surface area contributed by atoms with Crippen molar-refractivity contribution >= 4 is 17.3 Å². The zero-order chi connectivity index (χ0) is 15.9. The number of amides is 1. The van der Waals surface area contributed by atoms with Gasteiger partial charge in [0.2, 0.25) is 0 Å². The van der Waals surface area contributed by atoms with Crippen LogP contribution in [0.15, 0.2) is 48.5 Å². The summed E-state index contributed by atoms with van der Waals surface area (Å²) in [5.41, 5.74) is 8.11. The molecule has 0 unspecified atom stereocenters. The van der Waals surface area contributed by atoms with Crippen LogP contribution in [-0.2, 0) is 4.79 Å². The lowest BCUT2D eigenvalue weighted by molar-refractivity contribution is -0.118. The first-order valence-corrected chi connectivity index (χ1v) is 7.47. The van der Waals surface area contributed by atoms with E-state index < -0.39 is 0 Å². The smallest absolute Gasteiger partial charge is 0.262 e. The molecule has 4 heteroatoms. The predicted molar refractivity (Wildman–Crippen MR) is 90.1 cm³/mol. The minimum atomic E-state index is -0.191. The lowest BCUT2D eigenvalue weighted by atomic mass is 9.98. The van der Waals surface area contributed by atoms with Crippen LogP contribution >= 0.6 is 0 Å². The molecule has 0 heterocycles. The summed E-state index contributed by atoms with van der Waals surface area (Å²) in [5, 5.41) is 2.78. The molecule has 1 atom stereocenters. The quantitative estimate of drug-likeness (QED) is 0.797. The van der Waals surface area contributed by atoms with Gasteiger partial charge in [-0.25, -0.2) is 0 Å². The van der Waals surface area contributed by atoms with Gasteiger partial charge in [-0.15, -0.1) is 0 Å². The molecule has 0 saturated carbocycles. The predicted octanol–water partition coefficient (Wildman–Crippen LogP) is 3.80. The van der Waals surface area contributed by atoms with Gasteiger partial charge in [0.25, 0.3) is 5.91 Å². The molecule has 0 radical (unpaired) electrons. The third-order valence-electron chi connectivity index (χ3n) is 3.62. The minimum Gasteiger partial charge on any atom is -0.483 e. The molecule has 22 heavy (non-hydrogen) atoms. The van der Waals surface area contributed by atoms with Crippen LogP contribution in [-0.4, -0.2) is 12.5 Å². The molecule has 2 rings (SSSR count). The first kappa shape index (κ1) is 15.9. The number of rotatable bonds is 6. The molecule has 0 aromatic heterocycles. The SMILES string of the molecule is CC[C@@H](C)c1ccccc1OCC(=O)Nc1ccc(N)cc1. The molecule has 0 spiro atoms. The van der Waals surface area contributed by atoms with Gasteiger partial charge in [-0.2, -0.15) is 0 Å². The third-order valence-corrected chi connectivity index (χ3v) is 3.62. The van der Waals surface area contributed by atoms with Crippen molar-refractivity contribution in [3.05, 3.63) is 54.1 Å². The monoisotopic (exact) mass is 298 g/mol. The Kier molecular flexibility index (Phi) is 5.42. The zero-order valence-electron chi connectivity index (χ0n) is 13.0. The maximum atomic E-state index is 12.0. The molecule has 2 aromatic rings. The van der Waals surface area contributed by atoms with E-state index in [4.69, 9.17) is 10.5 Å². The Morgan fingerprint density at radius 2 is 1.86 bits per heavy atom. The fourth-order valence-electron chi connectivity index (χ4n) is 2.15. The van der Waals surface area contributed by atoms with Crippen LogP contribution in [0.25, 0.3) is 0 Å². The highest BCUT2D eigenvalue weighted by molar-refractivity contribution is 5.92. The Labute approximate surface area is 131 Å². The molecule has 0 aliphatic carbocycles. The fraction of sp³-hybridized carbons (Fsp3) is 0.278. The molecule has 0 saturated heterocycles. The Hall–Kier alpha value is -2.49. The maximum Gasteiger partial charge on any atom is 0.262 e. The van der Waals surface area contributed by atoms with E-state index in [2.05, 4.69) is 19.2 Å². The number of anilines is 2. The van der Waals surface area contributed by atoms with Crippen LogP contribution in [0.3, 0.4) is 0 Å². The van der Waals surface area contributed by atoms with Crippen LogP contribution in [0.5, 0.6) is 5.75 Å². The molecule has 0 fully saturated rings. The van der Waals surface area contributed by atoms with Gasteiger partial charge in [0.05, 0.1) is 0 Å². The van der Waals surface area contributed by atoms with Crippen molar-refractivity contribution < 1.29 is 9.53 Å². The number of ether oxygens (including phenoxy) is 1. The van der Waals surface area contributed by atoms with Crippen LogP contribution < -0.4 is 15.8 Å². The maximum absolute atomic E-state index is 12.0. The van der Waals surface area contributed by atoms with Gasteiger partial charge in [0.15, 0.2) is 6.61 Å². The number of nitrogens with one attached hydrogen (secondary N) is 1. The molecule has 0 aliphatic heterocycles. The lowest BCUT2D eigenvalue weighted by Crippen LogP contribution is -2.20. The van der Waals surface area contributed by atoms with Crippen molar-refractivity contribution in [1.29, 1.82) is 0 Å². The molecule has 3 N–H and O–H groups in total. The van der Waals surface area contributed by atoms with E-state index in [9.17, 15) is 4.79 Å². The normalized spacial score (nSPS) is 11.7. The van der Waals surface area contributed by atoms with Crippen LogP contribution in [0.4, 0.5) is 11.4 Å². The van der Waals surface area contributed by atoms with Gasteiger partial charge < -0.3 is 15.8 Å². The number of nitrogen functional groups attached to an aromatic ring is 1. The second-order valence-corrected chi connectivity index (χ2v) is 5.31. The summed E-state index contributed by atoms with van der Waals surface area (Å²) < 4.78 is 5.68. The Morgan fingerprint density at radius 1 is 1.18 bits per heavy atom. The highest BCUT2D eigenvalue weighted by Crippen LogP contribution is 2.28. The average molecular weight is 298 g/mol.